The van der Waals surface area contributed by atoms with E-state index in [1.165, 1.54) is 7.05 Å². The van der Waals surface area contributed by atoms with Crippen LogP contribution in [0, 0.1) is 20.2 Å². The molecule has 0 spiro atoms. The first-order valence-electron chi connectivity index (χ1n) is 2.85. The summed E-state index contributed by atoms with van der Waals surface area (Å²) in [6.45, 7) is 0. The Morgan fingerprint density at radius 1 is 1.42 bits per heavy atom. The lowest BCUT2D eigenvalue weighted by Crippen LogP contribution is -2.00. The Morgan fingerprint density at radius 2 is 2.00 bits per heavy atom. The summed E-state index contributed by atoms with van der Waals surface area (Å²) in [5, 5.41) is 23.8. The maximum absolute atomic E-state index is 10.2. The van der Waals surface area contributed by atoms with E-state index in [0.717, 1.165) is 10.9 Å². The highest BCUT2D eigenvalue weighted by atomic mass is 16.6. The van der Waals surface area contributed by atoms with Crippen molar-refractivity contribution in [3.8, 4) is 0 Å². The number of hydrogen-bond donors (Lipinski definition) is 0. The molecule has 0 aliphatic rings. The largest absolute Gasteiger partial charge is 0.423 e. The summed E-state index contributed by atoms with van der Waals surface area (Å²) in [4.78, 5) is 18.8. The third kappa shape index (κ3) is 1.09. The summed E-state index contributed by atoms with van der Waals surface area (Å²) in [6, 6.07) is 0. The zero-order valence-electron chi connectivity index (χ0n) is 6.00. The maximum Gasteiger partial charge on any atom is 0.423 e. The van der Waals surface area contributed by atoms with Crippen molar-refractivity contribution >= 4 is 11.5 Å². The number of rotatable bonds is 2. The van der Waals surface area contributed by atoms with Crippen molar-refractivity contribution in [3.63, 3.8) is 0 Å². The van der Waals surface area contributed by atoms with E-state index in [2.05, 4.69) is 5.10 Å². The van der Waals surface area contributed by atoms with Crippen LogP contribution < -0.4 is 0 Å². The van der Waals surface area contributed by atoms with Gasteiger partial charge in [0.1, 0.15) is 7.05 Å². The first kappa shape index (κ1) is 8.11. The minimum atomic E-state index is -0.842. The molecule has 8 nitrogen and oxygen atoms in total. The van der Waals surface area contributed by atoms with E-state index in [1.54, 1.807) is 0 Å². The Balaban J connectivity index is 3.31. The van der Waals surface area contributed by atoms with Crippen LogP contribution in [0.15, 0.2) is 6.20 Å². The van der Waals surface area contributed by atoms with Crippen molar-refractivity contribution in [2.45, 2.75) is 0 Å². The van der Waals surface area contributed by atoms with Crippen molar-refractivity contribution < 1.29 is 9.85 Å². The van der Waals surface area contributed by atoms with Crippen LogP contribution in [0.5, 0.6) is 0 Å². The van der Waals surface area contributed by atoms with Crippen LogP contribution in [0.2, 0.25) is 0 Å². The van der Waals surface area contributed by atoms with E-state index < -0.39 is 21.4 Å². The highest BCUT2D eigenvalue weighted by Crippen LogP contribution is 2.24. The van der Waals surface area contributed by atoms with Crippen LogP contribution in [0.3, 0.4) is 0 Å². The normalized spacial score (nSPS) is 9.75. The maximum atomic E-state index is 10.2. The lowest BCUT2D eigenvalue weighted by atomic mass is 10.5. The molecule has 0 aromatic carbocycles. The molecular formula is C4H4N4O4. The van der Waals surface area contributed by atoms with Crippen molar-refractivity contribution in [1.29, 1.82) is 0 Å². The first-order chi connectivity index (χ1) is 5.54. The summed E-state index contributed by atoms with van der Waals surface area (Å²) >= 11 is 0. The summed E-state index contributed by atoms with van der Waals surface area (Å²) in [5.41, 5.74) is -0.595. The standard InChI is InChI=1S/C4H4N4O4/c1-6-4(8(11)12)3(2-5-6)7(9)10/h2H,1H3. The van der Waals surface area contributed by atoms with E-state index in [-0.39, 0.29) is 0 Å². The fraction of sp³-hybridized carbons (Fsp3) is 0.250. The van der Waals surface area contributed by atoms with Crippen LogP contribution in [-0.2, 0) is 7.05 Å². The first-order valence-corrected chi connectivity index (χ1v) is 2.85. The molecule has 1 heterocycles. The number of hydrogen-bond acceptors (Lipinski definition) is 5. The summed E-state index contributed by atoms with van der Waals surface area (Å²) in [7, 11) is 1.27. The average Bonchev–Trinajstić information content (AvgIpc) is 2.30. The summed E-state index contributed by atoms with van der Waals surface area (Å²) < 4.78 is 0.845. The Morgan fingerprint density at radius 3 is 2.33 bits per heavy atom. The molecule has 1 aromatic heterocycles. The highest BCUT2D eigenvalue weighted by molar-refractivity contribution is 5.44. The highest BCUT2D eigenvalue weighted by Gasteiger charge is 2.28. The molecule has 1 aromatic rings. The quantitative estimate of drug-likeness (QED) is 0.469. The molecule has 0 aliphatic heterocycles. The van der Waals surface area contributed by atoms with Crippen molar-refractivity contribution in [2.75, 3.05) is 0 Å². The van der Waals surface area contributed by atoms with Gasteiger partial charge in [-0.1, -0.05) is 5.10 Å². The molecule has 64 valence electrons. The van der Waals surface area contributed by atoms with Gasteiger partial charge >= 0.3 is 11.5 Å². The lowest BCUT2D eigenvalue weighted by molar-refractivity contribution is -0.426. The number of nitrogens with zero attached hydrogens (tertiary/aromatic N) is 4. The molecule has 0 fully saturated rings. The molecule has 8 heteroatoms. The SMILES string of the molecule is Cn1ncc([N+](=O)[O-])c1[N+](=O)[O-]. The molecule has 0 unspecified atom stereocenters. The lowest BCUT2D eigenvalue weighted by Gasteiger charge is -1.91. The molecule has 0 aliphatic carbocycles. The van der Waals surface area contributed by atoms with Gasteiger partial charge in [0.2, 0.25) is 0 Å². The van der Waals surface area contributed by atoms with Gasteiger partial charge in [0, 0.05) is 0 Å². The second-order valence-electron chi connectivity index (χ2n) is 1.99. The number of aryl methyl sites for hydroxylation is 1. The molecule has 0 amide bonds. The third-order valence-electron chi connectivity index (χ3n) is 1.26. The Bertz CT molecular complexity index is 343. The van der Waals surface area contributed by atoms with Crippen LogP contribution in [0.25, 0.3) is 0 Å². The minimum Gasteiger partial charge on any atom is -0.358 e. The predicted octanol–water partition coefficient (Wildman–Crippen LogP) is 0.236. The second-order valence-corrected chi connectivity index (χ2v) is 1.99. The second kappa shape index (κ2) is 2.57. The number of aromatic nitrogens is 2. The number of nitro groups is 2. The van der Waals surface area contributed by atoms with Gasteiger partial charge in [-0.05, 0) is 4.92 Å². The van der Waals surface area contributed by atoms with Gasteiger partial charge in [-0.15, -0.1) is 4.68 Å². The van der Waals surface area contributed by atoms with E-state index in [1.807, 2.05) is 0 Å². The Labute approximate surface area is 65.7 Å². The van der Waals surface area contributed by atoms with Gasteiger partial charge in [0.25, 0.3) is 0 Å². The van der Waals surface area contributed by atoms with E-state index in [4.69, 9.17) is 0 Å². The van der Waals surface area contributed by atoms with Gasteiger partial charge in [-0.25, -0.2) is 0 Å². The predicted molar refractivity (Wildman–Crippen MR) is 36.5 cm³/mol. The molecule has 12 heavy (non-hydrogen) atoms. The van der Waals surface area contributed by atoms with Crippen molar-refractivity contribution in [2.24, 2.45) is 7.05 Å². The minimum absolute atomic E-state index is 0.595. The molecule has 0 saturated heterocycles. The van der Waals surface area contributed by atoms with Gasteiger partial charge < -0.3 is 10.1 Å². The summed E-state index contributed by atoms with van der Waals surface area (Å²) in [5.74, 6) is -0.611. The fourth-order valence-electron chi connectivity index (χ4n) is 0.760. The molecule has 0 radical (unpaired) electrons. The zero-order valence-corrected chi connectivity index (χ0v) is 6.00. The van der Waals surface area contributed by atoms with E-state index in [0.29, 0.717) is 0 Å². The van der Waals surface area contributed by atoms with E-state index in [9.17, 15) is 20.2 Å². The molecular weight excluding hydrogens is 168 g/mol. The Hall–Kier alpha value is -1.99. The Kier molecular flexibility index (Phi) is 1.73. The molecule has 0 bridgehead atoms. The van der Waals surface area contributed by atoms with Crippen molar-refractivity contribution in [3.05, 3.63) is 26.4 Å². The van der Waals surface area contributed by atoms with Crippen molar-refractivity contribution in [1.82, 2.24) is 9.78 Å². The third-order valence-corrected chi connectivity index (χ3v) is 1.26. The van der Waals surface area contributed by atoms with Gasteiger partial charge in [0.15, 0.2) is 6.20 Å². The molecule has 0 N–H and O–H groups in total. The molecule has 0 atom stereocenters. The van der Waals surface area contributed by atoms with Gasteiger partial charge in [-0.3, -0.25) is 10.1 Å². The summed E-state index contributed by atoms with van der Waals surface area (Å²) in [6.07, 6.45) is 0.845. The van der Waals surface area contributed by atoms with Crippen LogP contribution in [0.1, 0.15) is 0 Å². The average molecular weight is 172 g/mol. The van der Waals surface area contributed by atoms with Crippen LogP contribution >= 0.6 is 0 Å². The monoisotopic (exact) mass is 172 g/mol. The van der Waals surface area contributed by atoms with E-state index >= 15 is 0 Å². The molecule has 1 rings (SSSR count). The van der Waals surface area contributed by atoms with Crippen LogP contribution in [0.4, 0.5) is 11.5 Å². The molecule has 0 saturated carbocycles. The fourth-order valence-corrected chi connectivity index (χ4v) is 0.760. The van der Waals surface area contributed by atoms with Gasteiger partial charge in [0.05, 0.1) is 4.92 Å². The smallest absolute Gasteiger partial charge is 0.358 e. The zero-order chi connectivity index (χ0) is 9.30. The van der Waals surface area contributed by atoms with Crippen LogP contribution in [-0.4, -0.2) is 19.6 Å². The topological polar surface area (TPSA) is 104 Å². The van der Waals surface area contributed by atoms with Gasteiger partial charge in [-0.2, -0.15) is 0 Å².